The quantitative estimate of drug-likeness (QED) is 0.388. The van der Waals surface area contributed by atoms with E-state index in [4.69, 9.17) is 21.9 Å². The van der Waals surface area contributed by atoms with E-state index in [2.05, 4.69) is 5.32 Å². The lowest BCUT2D eigenvalue weighted by atomic mass is 10.1. The Morgan fingerprint density at radius 2 is 2.06 bits per heavy atom. The van der Waals surface area contributed by atoms with Crippen LogP contribution in [-0.2, 0) is 9.53 Å². The van der Waals surface area contributed by atoms with Crippen LogP contribution in [-0.4, -0.2) is 43.8 Å². The van der Waals surface area contributed by atoms with Crippen molar-refractivity contribution >= 4 is 51.7 Å². The summed E-state index contributed by atoms with van der Waals surface area (Å²) in [5.41, 5.74) is 2.55. The molecular weight excluding hydrogens is 480 g/mol. The number of aromatic nitrogens is 2. The molecular formula is C26H26N4O3S2. The van der Waals surface area contributed by atoms with Crippen LogP contribution in [0, 0.1) is 6.92 Å². The molecule has 5 rings (SSSR count). The van der Waals surface area contributed by atoms with E-state index in [1.807, 2.05) is 56.3 Å². The molecule has 1 amide bonds. The Kier molecular flexibility index (Phi) is 6.73. The molecule has 2 atom stereocenters. The fourth-order valence-corrected chi connectivity index (χ4v) is 5.82. The zero-order chi connectivity index (χ0) is 24.5. The fourth-order valence-electron chi connectivity index (χ4n) is 4.42. The maximum Gasteiger partial charge on any atom is 0.267 e. The van der Waals surface area contributed by atoms with Crippen LogP contribution in [0.5, 0.6) is 0 Å². The summed E-state index contributed by atoms with van der Waals surface area (Å²) in [5, 5.41) is 3.31. The molecule has 180 valence electrons. The average Bonchev–Trinajstić information content (AvgIpc) is 3.48. The number of hydrogen-bond acceptors (Lipinski definition) is 7. The molecule has 35 heavy (non-hydrogen) atoms. The van der Waals surface area contributed by atoms with Gasteiger partial charge in [-0.15, -0.1) is 0 Å². The lowest BCUT2D eigenvalue weighted by molar-refractivity contribution is -0.123. The van der Waals surface area contributed by atoms with E-state index < -0.39 is 0 Å². The van der Waals surface area contributed by atoms with Gasteiger partial charge in [0.2, 0.25) is 0 Å². The summed E-state index contributed by atoms with van der Waals surface area (Å²) < 4.78 is 7.72. The number of amides is 1. The van der Waals surface area contributed by atoms with E-state index in [0.29, 0.717) is 32.8 Å². The van der Waals surface area contributed by atoms with Crippen molar-refractivity contribution in [3.63, 3.8) is 0 Å². The highest BCUT2D eigenvalue weighted by Crippen LogP contribution is 2.38. The predicted molar refractivity (Wildman–Crippen MR) is 144 cm³/mol. The van der Waals surface area contributed by atoms with Gasteiger partial charge in [-0.3, -0.25) is 18.9 Å². The first-order valence-electron chi connectivity index (χ1n) is 11.6. The van der Waals surface area contributed by atoms with Crippen molar-refractivity contribution in [1.29, 1.82) is 0 Å². The first-order valence-corrected chi connectivity index (χ1v) is 12.9. The number of fused-ring (bicyclic) bond motifs is 1. The molecule has 1 N–H and O–H groups in total. The first-order chi connectivity index (χ1) is 16.9. The van der Waals surface area contributed by atoms with Gasteiger partial charge in [0.05, 0.1) is 22.6 Å². The van der Waals surface area contributed by atoms with Gasteiger partial charge in [-0.1, -0.05) is 60.4 Å². The Hall–Kier alpha value is -3.01. The number of thioether (sulfide) groups is 1. The van der Waals surface area contributed by atoms with Crippen LogP contribution in [0.1, 0.15) is 42.5 Å². The molecule has 9 heteroatoms. The number of anilines is 1. The predicted octanol–water partition coefficient (Wildman–Crippen LogP) is 4.56. The van der Waals surface area contributed by atoms with Gasteiger partial charge in [0, 0.05) is 19.3 Å². The van der Waals surface area contributed by atoms with Gasteiger partial charge in [0.25, 0.3) is 11.5 Å². The van der Waals surface area contributed by atoms with Crippen molar-refractivity contribution in [2.75, 3.05) is 18.5 Å². The highest BCUT2D eigenvalue weighted by atomic mass is 32.2. The minimum Gasteiger partial charge on any atom is -0.376 e. The first kappa shape index (κ1) is 23.7. The van der Waals surface area contributed by atoms with Crippen LogP contribution in [0.15, 0.2) is 58.4 Å². The number of rotatable bonds is 6. The van der Waals surface area contributed by atoms with Crippen LogP contribution < -0.4 is 10.9 Å². The molecule has 2 aliphatic rings. The minimum absolute atomic E-state index is 0.0740. The monoisotopic (exact) mass is 506 g/mol. The molecule has 2 aliphatic heterocycles. The number of pyridine rings is 1. The molecule has 2 saturated heterocycles. The molecule has 2 aromatic heterocycles. The second-order valence-corrected chi connectivity index (χ2v) is 10.4. The number of carbonyl (C=O) groups excluding carboxylic acids is 1. The molecule has 0 radical (unpaired) electrons. The molecule has 0 saturated carbocycles. The number of thiocarbonyl (C=S) groups is 1. The third-order valence-corrected chi connectivity index (χ3v) is 7.70. The smallest absolute Gasteiger partial charge is 0.267 e. The van der Waals surface area contributed by atoms with Crippen LogP contribution in [0.3, 0.4) is 0 Å². The zero-order valence-corrected chi connectivity index (χ0v) is 21.2. The van der Waals surface area contributed by atoms with Gasteiger partial charge in [-0.25, -0.2) is 4.98 Å². The van der Waals surface area contributed by atoms with Crippen molar-refractivity contribution in [3.8, 4) is 0 Å². The Bertz CT molecular complexity index is 1380. The second kappa shape index (κ2) is 9.93. The van der Waals surface area contributed by atoms with Crippen molar-refractivity contribution in [1.82, 2.24) is 14.3 Å². The molecule has 0 bridgehead atoms. The van der Waals surface area contributed by atoms with E-state index in [9.17, 15) is 9.59 Å². The highest BCUT2D eigenvalue weighted by Gasteiger charge is 2.36. The van der Waals surface area contributed by atoms with E-state index >= 15 is 0 Å². The van der Waals surface area contributed by atoms with Gasteiger partial charge in [-0.2, -0.15) is 0 Å². The number of ether oxygens (including phenoxy) is 1. The van der Waals surface area contributed by atoms with Crippen molar-refractivity contribution < 1.29 is 9.53 Å². The molecule has 7 nitrogen and oxygen atoms in total. The Morgan fingerprint density at radius 3 is 2.80 bits per heavy atom. The summed E-state index contributed by atoms with van der Waals surface area (Å²) >= 11 is 6.78. The number of carbonyl (C=O) groups is 1. The molecule has 3 aromatic rings. The lowest BCUT2D eigenvalue weighted by Gasteiger charge is -2.23. The summed E-state index contributed by atoms with van der Waals surface area (Å²) in [6.45, 7) is 5.16. The maximum absolute atomic E-state index is 13.6. The standard InChI is InChI=1S/C26H26N4O3S2/c1-16-8-6-12-29-23(16)28-22(27-15-19-11-7-13-33-19)20(24(29)31)14-21-25(32)30(26(34)35-21)17(2)18-9-4-3-5-10-18/h3-6,8-10,12,14,17,19,27H,7,11,13,15H2,1-2H3/b21-14-/t17-,19-/m0/s1. The Labute approximate surface area is 213 Å². The highest BCUT2D eigenvalue weighted by molar-refractivity contribution is 8.26. The summed E-state index contributed by atoms with van der Waals surface area (Å²) in [6, 6.07) is 13.3. The van der Waals surface area contributed by atoms with Crippen LogP contribution in [0.25, 0.3) is 11.7 Å². The van der Waals surface area contributed by atoms with Crippen LogP contribution in [0.4, 0.5) is 5.82 Å². The molecule has 4 heterocycles. The van der Waals surface area contributed by atoms with Gasteiger partial charge in [0.1, 0.15) is 15.8 Å². The maximum atomic E-state index is 13.6. The third-order valence-electron chi connectivity index (χ3n) is 6.37. The van der Waals surface area contributed by atoms with Crippen LogP contribution in [0.2, 0.25) is 0 Å². The van der Waals surface area contributed by atoms with Gasteiger partial charge in [-0.05, 0) is 50.0 Å². The third kappa shape index (κ3) is 4.63. The van der Waals surface area contributed by atoms with E-state index in [1.54, 1.807) is 17.2 Å². The summed E-state index contributed by atoms with van der Waals surface area (Å²) in [7, 11) is 0. The van der Waals surface area contributed by atoms with Crippen molar-refractivity contribution in [3.05, 3.63) is 80.6 Å². The molecule has 0 aliphatic carbocycles. The fraction of sp³-hybridized carbons (Fsp3) is 0.308. The van der Waals surface area contributed by atoms with Crippen LogP contribution >= 0.6 is 24.0 Å². The number of benzene rings is 1. The molecule has 0 spiro atoms. The van der Waals surface area contributed by atoms with Gasteiger partial charge >= 0.3 is 0 Å². The molecule has 0 unspecified atom stereocenters. The van der Waals surface area contributed by atoms with Gasteiger partial charge < -0.3 is 10.1 Å². The molecule has 2 fully saturated rings. The summed E-state index contributed by atoms with van der Waals surface area (Å²) in [6.07, 6.45) is 5.38. The lowest BCUT2D eigenvalue weighted by Crippen LogP contribution is -2.31. The average molecular weight is 507 g/mol. The number of hydrogen-bond donors (Lipinski definition) is 1. The van der Waals surface area contributed by atoms with E-state index in [0.717, 1.165) is 30.6 Å². The van der Waals surface area contributed by atoms with Crippen molar-refractivity contribution in [2.24, 2.45) is 0 Å². The number of nitrogens with one attached hydrogen (secondary N) is 1. The van der Waals surface area contributed by atoms with E-state index in [-0.39, 0.29) is 23.6 Å². The largest absolute Gasteiger partial charge is 0.376 e. The summed E-state index contributed by atoms with van der Waals surface area (Å²) in [5.74, 6) is 0.233. The zero-order valence-electron chi connectivity index (χ0n) is 19.6. The SMILES string of the molecule is Cc1cccn2c(=O)c(/C=C3\SC(=S)N([C@@H](C)c4ccccc4)C3=O)c(NC[C@@H]3CCCO3)nc12. The number of nitrogens with zero attached hydrogens (tertiary/aromatic N) is 3. The minimum atomic E-state index is -0.241. The van der Waals surface area contributed by atoms with E-state index in [1.165, 1.54) is 16.2 Å². The Balaban J connectivity index is 1.54. The van der Waals surface area contributed by atoms with Gasteiger partial charge in [0.15, 0.2) is 0 Å². The molecule has 1 aromatic carbocycles. The Morgan fingerprint density at radius 1 is 1.26 bits per heavy atom. The van der Waals surface area contributed by atoms with Crippen molar-refractivity contribution in [2.45, 2.75) is 38.8 Å². The topological polar surface area (TPSA) is 75.9 Å². The normalized spacial score (nSPS) is 20.2. The summed E-state index contributed by atoms with van der Waals surface area (Å²) in [4.78, 5) is 33.8. The second-order valence-electron chi connectivity index (χ2n) is 8.72. The number of aryl methyl sites for hydroxylation is 1.